The molecular formula is C20H22FN5O2. The number of nitrogens with one attached hydrogen (secondary N) is 2. The molecule has 0 radical (unpaired) electrons. The summed E-state index contributed by atoms with van der Waals surface area (Å²) in [4.78, 5) is 16.4. The summed E-state index contributed by atoms with van der Waals surface area (Å²) in [5.41, 5.74) is 2.26. The Morgan fingerprint density at radius 3 is 2.71 bits per heavy atom. The number of carbonyl (C=O) groups excluding carboxylic acids is 1. The Labute approximate surface area is 162 Å². The van der Waals surface area contributed by atoms with Gasteiger partial charge in [-0.3, -0.25) is 0 Å². The Bertz CT molecular complexity index is 966. The van der Waals surface area contributed by atoms with Gasteiger partial charge in [-0.25, -0.2) is 18.9 Å². The first kappa shape index (κ1) is 19.3. The van der Waals surface area contributed by atoms with Crippen LogP contribution in [-0.4, -0.2) is 32.4 Å². The lowest BCUT2D eigenvalue weighted by Gasteiger charge is -2.10. The molecule has 0 atom stereocenters. The number of aromatic nitrogens is 3. The smallest absolute Gasteiger partial charge is 0.319 e. The van der Waals surface area contributed by atoms with Gasteiger partial charge in [0.15, 0.2) is 0 Å². The molecule has 7 nitrogen and oxygen atoms in total. The summed E-state index contributed by atoms with van der Waals surface area (Å²) >= 11 is 0. The highest BCUT2D eigenvalue weighted by Crippen LogP contribution is 2.15. The van der Waals surface area contributed by atoms with Crippen LogP contribution in [0.5, 0.6) is 5.75 Å². The topological polar surface area (TPSA) is 92.1 Å². The van der Waals surface area contributed by atoms with E-state index in [0.717, 1.165) is 23.3 Å². The normalized spacial score (nSPS) is 10.7. The first-order valence-corrected chi connectivity index (χ1v) is 8.89. The third-order valence-electron chi connectivity index (χ3n) is 4.12. The Balaban J connectivity index is 1.53. The van der Waals surface area contributed by atoms with Crippen LogP contribution in [-0.2, 0) is 13.0 Å². The van der Waals surface area contributed by atoms with Gasteiger partial charge in [0.05, 0.1) is 6.54 Å². The van der Waals surface area contributed by atoms with Gasteiger partial charge in [-0.05, 0) is 55.7 Å². The van der Waals surface area contributed by atoms with Crippen molar-refractivity contribution < 1.29 is 14.3 Å². The summed E-state index contributed by atoms with van der Waals surface area (Å²) in [6.45, 7) is 4.61. The highest BCUT2D eigenvalue weighted by Gasteiger charge is 2.06. The zero-order chi connectivity index (χ0) is 20.1. The molecule has 0 aliphatic carbocycles. The lowest BCUT2D eigenvalue weighted by Crippen LogP contribution is -2.30. The molecule has 8 heteroatoms. The first-order chi connectivity index (χ1) is 13.4. The number of hydrogen-bond acceptors (Lipinski definition) is 4. The summed E-state index contributed by atoms with van der Waals surface area (Å²) in [6.07, 6.45) is 0.406. The van der Waals surface area contributed by atoms with Crippen molar-refractivity contribution in [1.29, 1.82) is 0 Å². The number of amides is 2. The number of carbonyl (C=O) groups is 1. The van der Waals surface area contributed by atoms with E-state index >= 15 is 0 Å². The average molecular weight is 383 g/mol. The van der Waals surface area contributed by atoms with E-state index in [1.807, 2.05) is 36.7 Å². The third kappa shape index (κ3) is 5.29. The van der Waals surface area contributed by atoms with Crippen molar-refractivity contribution in [2.45, 2.75) is 26.8 Å². The number of phenols is 1. The van der Waals surface area contributed by atoms with E-state index in [1.54, 1.807) is 6.07 Å². The van der Waals surface area contributed by atoms with E-state index in [2.05, 4.69) is 20.7 Å². The van der Waals surface area contributed by atoms with Crippen LogP contribution in [0.25, 0.3) is 0 Å². The van der Waals surface area contributed by atoms with E-state index in [-0.39, 0.29) is 11.8 Å². The van der Waals surface area contributed by atoms with Gasteiger partial charge in [0.1, 0.15) is 23.2 Å². The molecule has 3 N–H and O–H groups in total. The van der Waals surface area contributed by atoms with Gasteiger partial charge < -0.3 is 15.7 Å². The minimum atomic E-state index is -0.505. The predicted octanol–water partition coefficient (Wildman–Crippen LogP) is 3.15. The van der Waals surface area contributed by atoms with Crippen molar-refractivity contribution in [3.63, 3.8) is 0 Å². The first-order valence-electron chi connectivity index (χ1n) is 8.89. The molecule has 28 heavy (non-hydrogen) atoms. The monoisotopic (exact) mass is 383 g/mol. The molecule has 3 aromatic rings. The number of halogens is 1. The van der Waals surface area contributed by atoms with Crippen molar-refractivity contribution in [1.82, 2.24) is 20.1 Å². The van der Waals surface area contributed by atoms with Crippen LogP contribution in [0.2, 0.25) is 0 Å². The zero-order valence-corrected chi connectivity index (χ0v) is 15.7. The number of benzene rings is 2. The van der Waals surface area contributed by atoms with Crippen molar-refractivity contribution in [2.24, 2.45) is 0 Å². The second-order valence-corrected chi connectivity index (χ2v) is 6.51. The number of phenolic OH excluding ortho intramolecular Hbond substituents is 1. The predicted molar refractivity (Wildman–Crippen MR) is 104 cm³/mol. The summed E-state index contributed by atoms with van der Waals surface area (Å²) in [6, 6.07) is 11.0. The highest BCUT2D eigenvalue weighted by molar-refractivity contribution is 5.89. The number of rotatable bonds is 6. The van der Waals surface area contributed by atoms with E-state index in [0.29, 0.717) is 30.8 Å². The Kier molecular flexibility index (Phi) is 5.88. The minimum Gasteiger partial charge on any atom is -0.508 e. The van der Waals surface area contributed by atoms with Crippen molar-refractivity contribution >= 4 is 11.7 Å². The number of urea groups is 1. The molecule has 0 saturated carbocycles. The summed E-state index contributed by atoms with van der Waals surface area (Å²) in [7, 11) is 0. The van der Waals surface area contributed by atoms with E-state index in [9.17, 15) is 14.3 Å². The fraction of sp³-hybridized carbons (Fsp3) is 0.250. The molecule has 0 bridgehead atoms. The van der Waals surface area contributed by atoms with Crippen LogP contribution in [0.15, 0.2) is 42.5 Å². The summed E-state index contributed by atoms with van der Waals surface area (Å²) in [5, 5.41) is 19.2. The SMILES string of the molecule is Cc1nc(C)n(Cc2cccc(NC(=O)NCCc3cc(O)cc(F)c3)c2)n1. The maximum absolute atomic E-state index is 13.3. The Hall–Kier alpha value is -3.42. The second kappa shape index (κ2) is 8.51. The molecule has 0 aliphatic heterocycles. The molecule has 0 spiro atoms. The molecule has 0 aliphatic rings. The van der Waals surface area contributed by atoms with E-state index < -0.39 is 5.82 Å². The quantitative estimate of drug-likeness (QED) is 0.610. The lowest BCUT2D eigenvalue weighted by atomic mass is 10.1. The standard InChI is InChI=1S/C20H22FN5O2/c1-13-23-14(2)26(25-13)12-16-4-3-5-18(9-16)24-20(28)22-7-6-15-8-17(21)11-19(27)10-15/h3-5,8-11,27H,6-7,12H2,1-2H3,(H2,22,24,28). The average Bonchev–Trinajstić information content (AvgIpc) is 2.91. The Morgan fingerprint density at radius 2 is 2.00 bits per heavy atom. The fourth-order valence-electron chi connectivity index (χ4n) is 2.90. The van der Waals surface area contributed by atoms with E-state index in [1.165, 1.54) is 12.1 Å². The highest BCUT2D eigenvalue weighted by atomic mass is 19.1. The van der Waals surface area contributed by atoms with Gasteiger partial charge in [-0.2, -0.15) is 5.10 Å². The fourth-order valence-corrected chi connectivity index (χ4v) is 2.90. The number of aromatic hydroxyl groups is 1. The van der Waals surface area contributed by atoms with Gasteiger partial charge in [0.2, 0.25) is 0 Å². The number of aryl methyl sites for hydroxylation is 2. The molecule has 0 unspecified atom stereocenters. The van der Waals surface area contributed by atoms with Gasteiger partial charge in [-0.1, -0.05) is 12.1 Å². The maximum Gasteiger partial charge on any atom is 0.319 e. The van der Waals surface area contributed by atoms with Gasteiger partial charge >= 0.3 is 6.03 Å². The molecule has 3 rings (SSSR count). The minimum absolute atomic E-state index is 0.130. The van der Waals surface area contributed by atoms with Crippen molar-refractivity contribution in [3.8, 4) is 5.75 Å². The second-order valence-electron chi connectivity index (χ2n) is 6.51. The van der Waals surface area contributed by atoms with Gasteiger partial charge in [-0.15, -0.1) is 0 Å². The Morgan fingerprint density at radius 1 is 1.18 bits per heavy atom. The number of hydrogen-bond donors (Lipinski definition) is 3. The largest absolute Gasteiger partial charge is 0.508 e. The summed E-state index contributed by atoms with van der Waals surface area (Å²) < 4.78 is 15.1. The molecular weight excluding hydrogens is 361 g/mol. The van der Waals surface area contributed by atoms with Gasteiger partial charge in [0.25, 0.3) is 0 Å². The molecule has 0 saturated heterocycles. The maximum atomic E-state index is 13.3. The lowest BCUT2D eigenvalue weighted by molar-refractivity contribution is 0.252. The number of anilines is 1. The van der Waals surface area contributed by atoms with Crippen LogP contribution < -0.4 is 10.6 Å². The zero-order valence-electron chi connectivity index (χ0n) is 15.7. The van der Waals surface area contributed by atoms with Crippen LogP contribution in [0.3, 0.4) is 0 Å². The molecule has 1 heterocycles. The molecule has 2 aromatic carbocycles. The van der Waals surface area contributed by atoms with Crippen molar-refractivity contribution in [3.05, 3.63) is 71.1 Å². The van der Waals surface area contributed by atoms with E-state index in [4.69, 9.17) is 0 Å². The molecule has 2 amide bonds. The third-order valence-corrected chi connectivity index (χ3v) is 4.12. The van der Waals surface area contributed by atoms with Crippen LogP contribution in [0.1, 0.15) is 22.8 Å². The van der Waals surface area contributed by atoms with Crippen LogP contribution >= 0.6 is 0 Å². The molecule has 1 aromatic heterocycles. The van der Waals surface area contributed by atoms with Gasteiger partial charge in [0, 0.05) is 18.3 Å². The van der Waals surface area contributed by atoms with Crippen LogP contribution in [0.4, 0.5) is 14.9 Å². The number of nitrogens with zero attached hydrogens (tertiary/aromatic N) is 3. The molecule has 146 valence electrons. The molecule has 0 fully saturated rings. The van der Waals surface area contributed by atoms with Crippen LogP contribution in [0, 0.1) is 19.7 Å². The van der Waals surface area contributed by atoms with Crippen molar-refractivity contribution in [2.75, 3.05) is 11.9 Å². The summed E-state index contributed by atoms with van der Waals surface area (Å²) in [5.74, 6) is 0.915.